The molecule has 0 fully saturated rings. The molecule has 0 saturated heterocycles. The summed E-state index contributed by atoms with van der Waals surface area (Å²) in [4.78, 5) is 3.33. The maximum Gasteiger partial charge on any atom is 0.179 e. The average Bonchev–Trinajstić information content (AvgIpc) is 1.77. The summed E-state index contributed by atoms with van der Waals surface area (Å²) in [5.74, 6) is -1.23. The zero-order valence-corrected chi connectivity index (χ0v) is 3.93. The summed E-state index contributed by atoms with van der Waals surface area (Å²) in [6.45, 7) is 0. The first kappa shape index (κ1) is 5.03. The zero-order chi connectivity index (χ0) is 5.98. The number of pyridine rings is 1. The van der Waals surface area contributed by atoms with Gasteiger partial charge in [0.2, 0.25) is 0 Å². The largest absolute Gasteiger partial charge is 0.503 e. The van der Waals surface area contributed by atoms with Crippen LogP contribution in [0.15, 0.2) is 12.3 Å². The van der Waals surface area contributed by atoms with Gasteiger partial charge in [-0.25, -0.2) is 4.39 Å². The molecule has 1 aromatic rings. The maximum atomic E-state index is 12.0. The second-order valence-corrected chi connectivity index (χ2v) is 1.25. The Morgan fingerprint density at radius 2 is 2.50 bits per heavy atom. The van der Waals surface area contributed by atoms with Crippen LogP contribution < -0.4 is 0 Å². The van der Waals surface area contributed by atoms with Gasteiger partial charge in [0.1, 0.15) is 6.20 Å². The molecule has 3 heteroatoms. The summed E-state index contributed by atoms with van der Waals surface area (Å²) in [7, 11) is 0. The molecule has 0 spiro atoms. The van der Waals surface area contributed by atoms with E-state index >= 15 is 0 Å². The Morgan fingerprint density at radius 3 is 2.88 bits per heavy atom. The second kappa shape index (κ2) is 1.78. The van der Waals surface area contributed by atoms with Crippen molar-refractivity contribution >= 4 is 0 Å². The molecular weight excluding hydrogens is 109 g/mol. The van der Waals surface area contributed by atoms with Gasteiger partial charge in [-0.1, -0.05) is 0 Å². The van der Waals surface area contributed by atoms with Gasteiger partial charge in [-0.15, -0.1) is 0 Å². The van der Waals surface area contributed by atoms with Crippen LogP contribution in [0, 0.1) is 12.0 Å². The normalized spacial score (nSPS) is 9.12. The number of hydrogen-bond donors (Lipinski definition) is 1. The summed E-state index contributed by atoms with van der Waals surface area (Å²) in [6.07, 6.45) is 3.25. The molecule has 0 aliphatic heterocycles. The van der Waals surface area contributed by atoms with E-state index < -0.39 is 11.6 Å². The number of aromatic hydroxyl groups is 1. The van der Waals surface area contributed by atoms with Crippen LogP contribution in [0.25, 0.3) is 0 Å². The number of rotatable bonds is 0. The van der Waals surface area contributed by atoms with Gasteiger partial charge in [0.05, 0.1) is 0 Å². The molecular formula is C5H3FNO. The van der Waals surface area contributed by atoms with Crippen molar-refractivity contribution in [1.29, 1.82) is 0 Å². The van der Waals surface area contributed by atoms with Crippen molar-refractivity contribution in [2.24, 2.45) is 0 Å². The molecule has 0 aliphatic rings. The fourth-order valence-corrected chi connectivity index (χ4v) is 0.333. The van der Waals surface area contributed by atoms with Crippen LogP contribution in [-0.2, 0) is 0 Å². The molecule has 1 N–H and O–H groups in total. The van der Waals surface area contributed by atoms with Crippen LogP contribution in [0.2, 0.25) is 0 Å². The SMILES string of the molecule is Oc1[c]nccc1F. The molecule has 41 valence electrons. The standard InChI is InChI=1S/C5H3FNO/c6-4-1-2-7-3-5(4)8/h1-2,8H. The second-order valence-electron chi connectivity index (χ2n) is 1.25. The molecule has 8 heavy (non-hydrogen) atoms. The Balaban J connectivity index is 3.13. The van der Waals surface area contributed by atoms with E-state index in [-0.39, 0.29) is 0 Å². The lowest BCUT2D eigenvalue weighted by Gasteiger charge is -1.86. The monoisotopic (exact) mass is 112 g/mol. The van der Waals surface area contributed by atoms with Gasteiger partial charge in [-0.3, -0.25) is 4.98 Å². The average molecular weight is 112 g/mol. The highest BCUT2D eigenvalue weighted by Crippen LogP contribution is 2.08. The van der Waals surface area contributed by atoms with E-state index in [2.05, 4.69) is 4.98 Å². The lowest BCUT2D eigenvalue weighted by molar-refractivity contribution is 0.428. The Bertz CT molecular complexity index is 169. The van der Waals surface area contributed by atoms with Gasteiger partial charge in [-0.05, 0) is 6.07 Å². The van der Waals surface area contributed by atoms with Gasteiger partial charge in [0, 0.05) is 6.20 Å². The highest BCUT2D eigenvalue weighted by Gasteiger charge is 1.94. The van der Waals surface area contributed by atoms with Crippen molar-refractivity contribution in [2.75, 3.05) is 0 Å². The van der Waals surface area contributed by atoms with Crippen molar-refractivity contribution in [3.8, 4) is 5.75 Å². The Hall–Kier alpha value is -1.12. The first-order valence-electron chi connectivity index (χ1n) is 2.02. The quantitative estimate of drug-likeness (QED) is 0.536. The summed E-state index contributed by atoms with van der Waals surface area (Å²) in [5, 5.41) is 8.43. The topological polar surface area (TPSA) is 33.1 Å². The van der Waals surface area contributed by atoms with E-state index in [1.165, 1.54) is 6.20 Å². The summed E-state index contributed by atoms with van der Waals surface area (Å²) in [5.41, 5.74) is 0. The first-order chi connectivity index (χ1) is 3.80. The number of aromatic nitrogens is 1. The fourth-order valence-electron chi connectivity index (χ4n) is 0.333. The van der Waals surface area contributed by atoms with E-state index in [9.17, 15) is 4.39 Å². The van der Waals surface area contributed by atoms with Crippen LogP contribution >= 0.6 is 0 Å². The Morgan fingerprint density at radius 1 is 1.75 bits per heavy atom. The molecule has 1 rings (SSSR count). The van der Waals surface area contributed by atoms with Crippen molar-refractivity contribution in [3.05, 3.63) is 24.3 Å². The molecule has 0 bridgehead atoms. The molecule has 1 radical (unpaired) electrons. The third-order valence-corrected chi connectivity index (χ3v) is 0.692. The number of hydrogen-bond acceptors (Lipinski definition) is 2. The van der Waals surface area contributed by atoms with E-state index in [1.54, 1.807) is 0 Å². The number of halogens is 1. The lowest BCUT2D eigenvalue weighted by atomic mass is 10.4. The van der Waals surface area contributed by atoms with Gasteiger partial charge in [0.25, 0.3) is 0 Å². The van der Waals surface area contributed by atoms with Gasteiger partial charge in [-0.2, -0.15) is 0 Å². The van der Waals surface area contributed by atoms with Gasteiger partial charge < -0.3 is 5.11 Å². The fraction of sp³-hybridized carbons (Fsp3) is 0. The molecule has 1 aromatic heterocycles. The molecule has 0 saturated carbocycles. The molecule has 0 amide bonds. The predicted molar refractivity (Wildman–Crippen MR) is 24.7 cm³/mol. The molecule has 2 nitrogen and oxygen atoms in total. The van der Waals surface area contributed by atoms with Crippen LogP contribution in [0.3, 0.4) is 0 Å². The molecule has 0 aromatic carbocycles. The van der Waals surface area contributed by atoms with Crippen LogP contribution in [0.5, 0.6) is 5.75 Å². The summed E-state index contributed by atoms with van der Waals surface area (Å²) < 4.78 is 12.0. The van der Waals surface area contributed by atoms with Crippen molar-refractivity contribution in [2.45, 2.75) is 0 Å². The molecule has 1 heterocycles. The minimum atomic E-state index is -0.694. The van der Waals surface area contributed by atoms with E-state index in [4.69, 9.17) is 5.11 Å². The molecule has 0 aliphatic carbocycles. The van der Waals surface area contributed by atoms with Crippen LogP contribution in [-0.4, -0.2) is 10.1 Å². The highest BCUT2D eigenvalue weighted by atomic mass is 19.1. The van der Waals surface area contributed by atoms with Crippen LogP contribution in [0.4, 0.5) is 4.39 Å². The summed E-state index contributed by atoms with van der Waals surface area (Å²) >= 11 is 0. The predicted octanol–water partition coefficient (Wildman–Crippen LogP) is 0.726. The minimum absolute atomic E-state index is 0.535. The number of nitrogens with zero attached hydrogens (tertiary/aromatic N) is 1. The summed E-state index contributed by atoms with van der Waals surface area (Å²) in [6, 6.07) is 1.06. The van der Waals surface area contributed by atoms with Crippen LogP contribution in [0.1, 0.15) is 0 Å². The van der Waals surface area contributed by atoms with E-state index in [0.29, 0.717) is 0 Å². The Labute approximate surface area is 45.6 Å². The van der Waals surface area contributed by atoms with Crippen molar-refractivity contribution < 1.29 is 9.50 Å². The minimum Gasteiger partial charge on any atom is -0.503 e. The third-order valence-electron chi connectivity index (χ3n) is 0.692. The third kappa shape index (κ3) is 0.753. The lowest BCUT2D eigenvalue weighted by Crippen LogP contribution is -1.75. The highest BCUT2D eigenvalue weighted by molar-refractivity contribution is 5.14. The van der Waals surface area contributed by atoms with Gasteiger partial charge in [0.15, 0.2) is 11.6 Å². The molecule has 0 atom stereocenters. The van der Waals surface area contributed by atoms with Crippen molar-refractivity contribution in [3.63, 3.8) is 0 Å². The smallest absolute Gasteiger partial charge is 0.179 e. The maximum absolute atomic E-state index is 12.0. The first-order valence-corrected chi connectivity index (χ1v) is 2.02. The molecule has 0 unspecified atom stereocenters. The van der Waals surface area contributed by atoms with Crippen molar-refractivity contribution in [1.82, 2.24) is 4.98 Å². The van der Waals surface area contributed by atoms with E-state index in [1.807, 2.05) is 6.20 Å². The Kier molecular flexibility index (Phi) is 1.12. The van der Waals surface area contributed by atoms with Gasteiger partial charge >= 0.3 is 0 Å². The zero-order valence-electron chi connectivity index (χ0n) is 3.93. The van der Waals surface area contributed by atoms with E-state index in [0.717, 1.165) is 6.07 Å².